The van der Waals surface area contributed by atoms with Gasteiger partial charge in [-0.3, -0.25) is 4.79 Å². The van der Waals surface area contributed by atoms with Crippen molar-refractivity contribution in [2.24, 2.45) is 0 Å². The van der Waals surface area contributed by atoms with E-state index in [0.717, 1.165) is 5.56 Å². The molecular formula is C17H20F2O3. The van der Waals surface area contributed by atoms with Crippen molar-refractivity contribution >= 4 is 11.8 Å². The molecule has 0 aliphatic heterocycles. The van der Waals surface area contributed by atoms with Gasteiger partial charge < -0.3 is 4.74 Å². The van der Waals surface area contributed by atoms with Crippen LogP contribution in [0.4, 0.5) is 8.78 Å². The summed E-state index contributed by atoms with van der Waals surface area (Å²) in [5.74, 6) is -5.44. The third-order valence-electron chi connectivity index (χ3n) is 4.24. The van der Waals surface area contributed by atoms with E-state index in [4.69, 9.17) is 0 Å². The summed E-state index contributed by atoms with van der Waals surface area (Å²) in [4.78, 5) is 23.9. The number of aryl methyl sites for hydroxylation is 1. The summed E-state index contributed by atoms with van der Waals surface area (Å²) >= 11 is 0. The maximum atomic E-state index is 14.2. The van der Waals surface area contributed by atoms with Crippen molar-refractivity contribution in [3.63, 3.8) is 0 Å². The first-order chi connectivity index (χ1) is 10.3. The molecule has 1 unspecified atom stereocenters. The zero-order chi connectivity index (χ0) is 16.4. The number of ether oxygens (including phenoxy) is 1. The van der Waals surface area contributed by atoms with E-state index in [1.165, 1.54) is 6.92 Å². The first-order valence-corrected chi connectivity index (χ1v) is 7.47. The second kappa shape index (κ2) is 6.15. The van der Waals surface area contributed by atoms with E-state index in [-0.39, 0.29) is 18.8 Å². The molecule has 22 heavy (non-hydrogen) atoms. The highest BCUT2D eigenvalue weighted by Gasteiger charge is 2.54. The Hall–Kier alpha value is -1.78. The van der Waals surface area contributed by atoms with Crippen LogP contribution < -0.4 is 0 Å². The van der Waals surface area contributed by atoms with Crippen molar-refractivity contribution in [1.82, 2.24) is 0 Å². The third-order valence-corrected chi connectivity index (χ3v) is 4.24. The van der Waals surface area contributed by atoms with E-state index < -0.39 is 23.7 Å². The molecule has 0 spiro atoms. The van der Waals surface area contributed by atoms with E-state index >= 15 is 0 Å². The number of hydrogen-bond donors (Lipinski definition) is 0. The Morgan fingerprint density at radius 1 is 1.32 bits per heavy atom. The number of Topliss-reactive ketones (excluding diaryl/α,β-unsaturated/α-hetero) is 1. The minimum absolute atomic E-state index is 0.111. The van der Waals surface area contributed by atoms with Crippen LogP contribution in [0.1, 0.15) is 43.7 Å². The van der Waals surface area contributed by atoms with Crippen LogP contribution in [-0.2, 0) is 19.7 Å². The van der Waals surface area contributed by atoms with Crippen LogP contribution in [0.5, 0.6) is 0 Å². The van der Waals surface area contributed by atoms with E-state index in [2.05, 4.69) is 4.74 Å². The number of benzene rings is 1. The molecule has 3 nitrogen and oxygen atoms in total. The molecule has 1 aromatic rings. The zero-order valence-corrected chi connectivity index (χ0v) is 12.8. The molecule has 1 fully saturated rings. The van der Waals surface area contributed by atoms with Gasteiger partial charge in [-0.15, -0.1) is 0 Å². The summed E-state index contributed by atoms with van der Waals surface area (Å²) < 4.78 is 32.9. The van der Waals surface area contributed by atoms with Gasteiger partial charge in [-0.2, -0.15) is 8.78 Å². The maximum Gasteiger partial charge on any atom is 0.377 e. The molecule has 0 aromatic heterocycles. The minimum Gasteiger partial charge on any atom is -0.462 e. The number of esters is 1. The molecular weight excluding hydrogens is 290 g/mol. The summed E-state index contributed by atoms with van der Waals surface area (Å²) in [5.41, 5.74) is 0.260. The summed E-state index contributed by atoms with van der Waals surface area (Å²) in [6, 6.07) is 7.01. The van der Waals surface area contributed by atoms with Crippen LogP contribution >= 0.6 is 0 Å². The first-order valence-electron chi connectivity index (χ1n) is 7.47. The highest BCUT2D eigenvalue weighted by molar-refractivity contribution is 5.93. The maximum absolute atomic E-state index is 14.2. The minimum atomic E-state index is -3.67. The van der Waals surface area contributed by atoms with Gasteiger partial charge in [-0.25, -0.2) is 4.79 Å². The van der Waals surface area contributed by atoms with Crippen molar-refractivity contribution in [2.45, 2.75) is 50.9 Å². The van der Waals surface area contributed by atoms with Gasteiger partial charge >= 0.3 is 11.9 Å². The van der Waals surface area contributed by atoms with Gasteiger partial charge in [0.2, 0.25) is 0 Å². The Labute approximate surface area is 128 Å². The fourth-order valence-electron chi connectivity index (χ4n) is 3.08. The second-order valence-electron chi connectivity index (χ2n) is 5.83. The van der Waals surface area contributed by atoms with E-state index in [0.29, 0.717) is 18.4 Å². The Kier molecular flexibility index (Phi) is 4.63. The van der Waals surface area contributed by atoms with Crippen molar-refractivity contribution < 1.29 is 23.1 Å². The van der Waals surface area contributed by atoms with E-state index in [9.17, 15) is 18.4 Å². The largest absolute Gasteiger partial charge is 0.462 e. The van der Waals surface area contributed by atoms with Gasteiger partial charge in [0, 0.05) is 12.8 Å². The van der Waals surface area contributed by atoms with Crippen LogP contribution in [0, 0.1) is 6.92 Å². The summed E-state index contributed by atoms with van der Waals surface area (Å²) in [6.45, 7) is 3.25. The highest BCUT2D eigenvalue weighted by atomic mass is 19.3. The van der Waals surface area contributed by atoms with Crippen molar-refractivity contribution in [3.05, 3.63) is 35.4 Å². The monoisotopic (exact) mass is 310 g/mol. The topological polar surface area (TPSA) is 43.4 Å². The molecule has 0 bridgehead atoms. The number of ketones is 1. The molecule has 1 atom stereocenters. The molecule has 0 heterocycles. The SMILES string of the molecule is CCOC(=O)C(F)(F)CC1(c2ccc(C)cc2)CCCC1=O. The predicted octanol–water partition coefficient (Wildman–Crippen LogP) is 3.57. The van der Waals surface area contributed by atoms with Crippen LogP contribution in [0.2, 0.25) is 0 Å². The predicted molar refractivity (Wildman–Crippen MR) is 77.9 cm³/mol. The van der Waals surface area contributed by atoms with Gasteiger partial charge in [0.25, 0.3) is 0 Å². The van der Waals surface area contributed by atoms with Gasteiger partial charge in [0.15, 0.2) is 0 Å². The molecule has 0 radical (unpaired) electrons. The number of alkyl halides is 2. The molecule has 1 aliphatic rings. The quantitative estimate of drug-likeness (QED) is 0.781. The fourth-order valence-corrected chi connectivity index (χ4v) is 3.08. The average Bonchev–Trinajstić information content (AvgIpc) is 2.81. The molecule has 2 rings (SSSR count). The molecule has 1 aromatic carbocycles. The molecule has 0 saturated heterocycles. The number of rotatable bonds is 5. The average molecular weight is 310 g/mol. The number of halogens is 2. The second-order valence-corrected chi connectivity index (χ2v) is 5.83. The highest BCUT2D eigenvalue weighted by Crippen LogP contribution is 2.45. The van der Waals surface area contributed by atoms with Gasteiger partial charge in [-0.05, 0) is 32.3 Å². The van der Waals surface area contributed by atoms with Gasteiger partial charge in [-0.1, -0.05) is 29.8 Å². The Morgan fingerprint density at radius 3 is 2.45 bits per heavy atom. The van der Waals surface area contributed by atoms with Crippen molar-refractivity contribution in [2.75, 3.05) is 6.61 Å². The van der Waals surface area contributed by atoms with Crippen LogP contribution in [0.3, 0.4) is 0 Å². The molecule has 120 valence electrons. The summed E-state index contributed by atoms with van der Waals surface area (Å²) in [5, 5.41) is 0. The van der Waals surface area contributed by atoms with E-state index in [1.807, 2.05) is 6.92 Å². The smallest absolute Gasteiger partial charge is 0.377 e. The molecule has 5 heteroatoms. The number of hydrogen-bond acceptors (Lipinski definition) is 3. The number of carbonyl (C=O) groups is 2. The number of carbonyl (C=O) groups excluding carboxylic acids is 2. The van der Waals surface area contributed by atoms with Crippen LogP contribution in [-0.4, -0.2) is 24.3 Å². The lowest BCUT2D eigenvalue weighted by molar-refractivity contribution is -0.174. The van der Waals surface area contributed by atoms with Crippen molar-refractivity contribution in [1.29, 1.82) is 0 Å². The molecule has 1 aliphatic carbocycles. The summed E-state index contributed by atoms with van der Waals surface area (Å²) in [7, 11) is 0. The normalized spacial score (nSPS) is 21.9. The lowest BCUT2D eigenvalue weighted by Crippen LogP contribution is -2.42. The Morgan fingerprint density at radius 2 is 1.95 bits per heavy atom. The summed E-state index contributed by atoms with van der Waals surface area (Å²) in [6.07, 6.45) is 0.350. The Balaban J connectivity index is 2.37. The zero-order valence-electron chi connectivity index (χ0n) is 12.8. The third kappa shape index (κ3) is 3.03. The fraction of sp³-hybridized carbons (Fsp3) is 0.529. The van der Waals surface area contributed by atoms with E-state index in [1.54, 1.807) is 24.3 Å². The van der Waals surface area contributed by atoms with Gasteiger partial charge in [0.1, 0.15) is 5.78 Å². The first kappa shape index (κ1) is 16.6. The van der Waals surface area contributed by atoms with Crippen LogP contribution in [0.15, 0.2) is 24.3 Å². The lowest BCUT2D eigenvalue weighted by Gasteiger charge is -2.31. The van der Waals surface area contributed by atoms with Gasteiger partial charge in [0.05, 0.1) is 12.0 Å². The lowest BCUT2D eigenvalue weighted by atomic mass is 9.73. The molecule has 0 amide bonds. The molecule has 1 saturated carbocycles. The van der Waals surface area contributed by atoms with Crippen LogP contribution in [0.25, 0.3) is 0 Å². The molecule has 0 N–H and O–H groups in total. The van der Waals surface area contributed by atoms with Crippen molar-refractivity contribution in [3.8, 4) is 0 Å². The Bertz CT molecular complexity index is 566. The standard InChI is InChI=1S/C17H20F2O3/c1-3-22-15(21)17(18,19)11-16(10-4-5-14(16)20)13-8-6-12(2)7-9-13/h6-9H,3-5,10-11H2,1-2H3.